The van der Waals surface area contributed by atoms with E-state index >= 15 is 4.39 Å². The van der Waals surface area contributed by atoms with Gasteiger partial charge >= 0.3 is 6.01 Å². The van der Waals surface area contributed by atoms with Crippen molar-refractivity contribution in [2.24, 2.45) is 0 Å². The van der Waals surface area contributed by atoms with Crippen LogP contribution in [0.25, 0.3) is 10.8 Å². The zero-order valence-electron chi connectivity index (χ0n) is 29.7. The number of halogens is 2. The fourth-order valence-corrected chi connectivity index (χ4v) is 8.26. The second-order valence-electron chi connectivity index (χ2n) is 14.3. The van der Waals surface area contributed by atoms with E-state index in [0.29, 0.717) is 61.3 Å². The van der Waals surface area contributed by atoms with Gasteiger partial charge in [0, 0.05) is 62.3 Å². The standard InChI is InChI=1S/C39H45F2N5O7/c1-4-29-31(41)10-9-24-16-28(48)17-30(34(24)29)32-21-51-35-36(45-13-7-6-8-26(20-45)42-33(49)5-2)43-38(44-37(35)53-32)52-22-39(23(3)47)18-25(40)19-46(39)27-11-14-50-15-12-27/h1,5,9-10,16-17,23,25-27,32,47-48H,2,6-8,11-15,18-22H2,3H3,(H,42,49)/t23-,25+,26?,32?,39-/m0/s1. The minimum Gasteiger partial charge on any atom is -0.508 e. The van der Waals surface area contributed by atoms with Crippen molar-refractivity contribution < 1.29 is 42.7 Å². The van der Waals surface area contributed by atoms with Crippen molar-refractivity contribution in [3.05, 3.63) is 53.9 Å². The Kier molecular flexibility index (Phi) is 10.6. The fraction of sp³-hybridized carbons (Fsp3) is 0.513. The minimum atomic E-state index is -1.16. The van der Waals surface area contributed by atoms with E-state index in [1.807, 2.05) is 9.80 Å². The number of fused-ring (bicyclic) bond motifs is 2. The molecule has 3 saturated heterocycles. The summed E-state index contributed by atoms with van der Waals surface area (Å²) in [5.74, 6) is 2.15. The maximum Gasteiger partial charge on any atom is 0.322 e. The van der Waals surface area contributed by atoms with Crippen LogP contribution in [0.1, 0.15) is 62.7 Å². The molecule has 282 valence electrons. The summed E-state index contributed by atoms with van der Waals surface area (Å²) in [6.07, 6.45) is 7.89. The number of aliphatic hydroxyl groups is 1. The molecule has 1 aromatic heterocycles. The molecule has 2 unspecified atom stereocenters. The summed E-state index contributed by atoms with van der Waals surface area (Å²) in [5.41, 5.74) is -0.626. The Labute approximate surface area is 307 Å². The third-order valence-electron chi connectivity index (χ3n) is 10.9. The highest BCUT2D eigenvalue weighted by atomic mass is 19.1. The van der Waals surface area contributed by atoms with Crippen LogP contribution in [-0.2, 0) is 9.53 Å². The van der Waals surface area contributed by atoms with Crippen molar-refractivity contribution in [1.29, 1.82) is 0 Å². The van der Waals surface area contributed by atoms with Gasteiger partial charge in [-0.1, -0.05) is 18.6 Å². The predicted octanol–water partition coefficient (Wildman–Crippen LogP) is 4.35. The number of aromatic nitrogens is 2. The Balaban J connectivity index is 1.27. The Bertz CT molecular complexity index is 1900. The van der Waals surface area contributed by atoms with Crippen LogP contribution >= 0.6 is 0 Å². The maximum absolute atomic E-state index is 15.3. The second kappa shape index (κ2) is 15.3. The number of hydrogen-bond donors (Lipinski definition) is 3. The predicted molar refractivity (Wildman–Crippen MR) is 193 cm³/mol. The molecule has 5 heterocycles. The smallest absolute Gasteiger partial charge is 0.322 e. The zero-order chi connectivity index (χ0) is 37.3. The van der Waals surface area contributed by atoms with Crippen LogP contribution in [-0.4, -0.2) is 107 Å². The number of carbonyl (C=O) groups excluding carboxylic acids is 1. The SMILES string of the molecule is C#Cc1c(F)ccc2cc(O)cc(C3COc4c(nc(OC[C@]5([C@H](C)O)C[C@@H](F)CN5C5CCOCC5)nc4N4CCCCC(NC(=O)C=C)C4)O3)c12. The summed E-state index contributed by atoms with van der Waals surface area (Å²) >= 11 is 0. The van der Waals surface area contributed by atoms with E-state index in [0.717, 1.165) is 19.3 Å². The Hall–Kier alpha value is -4.71. The number of anilines is 1. The van der Waals surface area contributed by atoms with Crippen molar-refractivity contribution in [2.45, 2.75) is 81.5 Å². The topological polar surface area (TPSA) is 139 Å². The van der Waals surface area contributed by atoms with Gasteiger partial charge in [-0.05, 0) is 68.7 Å². The number of nitrogens with one attached hydrogen (secondary N) is 1. The fourth-order valence-electron chi connectivity index (χ4n) is 8.26. The van der Waals surface area contributed by atoms with Crippen LogP contribution < -0.4 is 24.4 Å². The zero-order valence-corrected chi connectivity index (χ0v) is 29.7. The molecule has 0 spiro atoms. The first-order valence-electron chi connectivity index (χ1n) is 18.2. The minimum absolute atomic E-state index is 0.00913. The van der Waals surface area contributed by atoms with Crippen molar-refractivity contribution in [3.63, 3.8) is 0 Å². The number of hydrogen-bond acceptors (Lipinski definition) is 11. The first-order chi connectivity index (χ1) is 25.6. The van der Waals surface area contributed by atoms with E-state index in [4.69, 9.17) is 30.4 Å². The van der Waals surface area contributed by atoms with E-state index in [9.17, 15) is 19.4 Å². The third kappa shape index (κ3) is 7.30. The molecule has 7 rings (SSSR count). The maximum atomic E-state index is 15.3. The number of amides is 1. The number of ether oxygens (including phenoxy) is 4. The highest BCUT2D eigenvalue weighted by Crippen LogP contribution is 2.45. The number of aromatic hydroxyl groups is 1. The lowest BCUT2D eigenvalue weighted by Gasteiger charge is -2.45. The van der Waals surface area contributed by atoms with Gasteiger partial charge in [0.2, 0.25) is 11.7 Å². The molecule has 3 aromatic rings. The lowest BCUT2D eigenvalue weighted by molar-refractivity contribution is -0.117. The average molecular weight is 734 g/mol. The van der Waals surface area contributed by atoms with Crippen LogP contribution in [0.5, 0.6) is 23.4 Å². The number of rotatable bonds is 9. The highest BCUT2D eigenvalue weighted by Gasteiger charge is 2.53. The van der Waals surface area contributed by atoms with Gasteiger partial charge in [0.25, 0.3) is 5.88 Å². The number of nitrogens with zero attached hydrogens (tertiary/aromatic N) is 4. The number of phenols is 1. The first kappa shape index (κ1) is 36.6. The molecule has 3 N–H and O–H groups in total. The molecule has 4 aliphatic heterocycles. The van der Waals surface area contributed by atoms with Gasteiger partial charge < -0.3 is 39.4 Å². The number of phenolic OH excluding ortho intramolecular Hbond substituents is 1. The van der Waals surface area contributed by atoms with Crippen LogP contribution in [0.3, 0.4) is 0 Å². The number of terminal acetylenes is 1. The summed E-state index contributed by atoms with van der Waals surface area (Å²) in [7, 11) is 0. The lowest BCUT2D eigenvalue weighted by Crippen LogP contribution is -2.60. The van der Waals surface area contributed by atoms with Crippen molar-refractivity contribution in [1.82, 2.24) is 20.2 Å². The van der Waals surface area contributed by atoms with E-state index in [1.54, 1.807) is 6.92 Å². The summed E-state index contributed by atoms with van der Waals surface area (Å²) in [6.45, 7) is 7.33. The molecule has 14 heteroatoms. The Morgan fingerprint density at radius 1 is 1.25 bits per heavy atom. The molecule has 12 nitrogen and oxygen atoms in total. The Morgan fingerprint density at radius 3 is 2.81 bits per heavy atom. The largest absolute Gasteiger partial charge is 0.508 e. The molecule has 5 atom stereocenters. The van der Waals surface area contributed by atoms with Crippen molar-refractivity contribution >= 4 is 22.5 Å². The quantitative estimate of drug-likeness (QED) is 0.214. The molecule has 0 bridgehead atoms. The molecule has 1 amide bonds. The summed E-state index contributed by atoms with van der Waals surface area (Å²) in [5, 5.41) is 25.8. The van der Waals surface area contributed by atoms with Crippen LogP contribution in [0, 0.1) is 18.2 Å². The first-order valence-corrected chi connectivity index (χ1v) is 18.2. The van der Waals surface area contributed by atoms with Gasteiger partial charge in [-0.25, -0.2) is 8.78 Å². The average Bonchev–Trinajstić information content (AvgIpc) is 3.34. The van der Waals surface area contributed by atoms with Gasteiger partial charge in [-0.3, -0.25) is 9.69 Å². The lowest BCUT2D eigenvalue weighted by atomic mass is 9.88. The molecule has 0 saturated carbocycles. The normalized spacial score (nSPS) is 25.7. The van der Waals surface area contributed by atoms with E-state index in [2.05, 4.69) is 22.8 Å². The van der Waals surface area contributed by atoms with Gasteiger partial charge in [0.05, 0.1) is 17.2 Å². The summed E-state index contributed by atoms with van der Waals surface area (Å²) in [4.78, 5) is 25.8. The molecular formula is C39H45F2N5O7. The Morgan fingerprint density at radius 2 is 2.06 bits per heavy atom. The van der Waals surface area contributed by atoms with E-state index in [1.165, 1.54) is 30.3 Å². The molecule has 53 heavy (non-hydrogen) atoms. The summed E-state index contributed by atoms with van der Waals surface area (Å²) in [6, 6.07) is 5.47. The van der Waals surface area contributed by atoms with Gasteiger partial charge in [-0.15, -0.1) is 6.42 Å². The van der Waals surface area contributed by atoms with Crippen molar-refractivity contribution in [2.75, 3.05) is 51.0 Å². The third-order valence-corrected chi connectivity index (χ3v) is 10.9. The van der Waals surface area contributed by atoms with Gasteiger partial charge in [0.15, 0.2) is 11.9 Å². The number of aliphatic hydroxyl groups excluding tert-OH is 1. The monoisotopic (exact) mass is 733 g/mol. The highest BCUT2D eigenvalue weighted by molar-refractivity contribution is 5.93. The van der Waals surface area contributed by atoms with E-state index < -0.39 is 29.7 Å². The molecule has 0 aliphatic carbocycles. The molecule has 4 aliphatic rings. The van der Waals surface area contributed by atoms with Crippen LogP contribution in [0.2, 0.25) is 0 Å². The van der Waals surface area contributed by atoms with E-state index in [-0.39, 0.29) is 73.1 Å². The number of likely N-dealkylation sites (tertiary alicyclic amines) is 1. The van der Waals surface area contributed by atoms with Gasteiger partial charge in [0.1, 0.15) is 31.0 Å². The second-order valence-corrected chi connectivity index (χ2v) is 14.3. The number of carbonyl (C=O) groups is 1. The molecular weight excluding hydrogens is 688 g/mol. The molecule has 0 radical (unpaired) electrons. The molecule has 3 fully saturated rings. The van der Waals surface area contributed by atoms with Crippen LogP contribution in [0.4, 0.5) is 14.6 Å². The van der Waals surface area contributed by atoms with Gasteiger partial charge in [-0.2, -0.15) is 9.97 Å². The van der Waals surface area contributed by atoms with Crippen LogP contribution in [0.15, 0.2) is 36.9 Å². The van der Waals surface area contributed by atoms with Crippen molar-refractivity contribution in [3.8, 4) is 35.7 Å². The number of alkyl halides is 1. The number of benzene rings is 2. The molecule has 2 aromatic carbocycles. The summed E-state index contributed by atoms with van der Waals surface area (Å²) < 4.78 is 55.0.